The number of nitrogens with two attached hydrogens (primary N) is 1. The van der Waals surface area contributed by atoms with Gasteiger partial charge in [-0.25, -0.2) is 4.39 Å². The topological polar surface area (TPSA) is 46.3 Å². The van der Waals surface area contributed by atoms with Gasteiger partial charge in [-0.15, -0.1) is 0 Å². The molecule has 0 radical (unpaired) electrons. The summed E-state index contributed by atoms with van der Waals surface area (Å²) in [6.07, 6.45) is 0.786. The van der Waals surface area contributed by atoms with Gasteiger partial charge in [0.15, 0.2) is 0 Å². The van der Waals surface area contributed by atoms with Gasteiger partial charge in [0.1, 0.15) is 5.82 Å². The Balaban J connectivity index is 1.88. The van der Waals surface area contributed by atoms with E-state index in [2.05, 4.69) is 15.9 Å². The third kappa shape index (κ3) is 2.78. The summed E-state index contributed by atoms with van der Waals surface area (Å²) >= 11 is 3.31. The zero-order valence-corrected chi connectivity index (χ0v) is 12.9. The van der Waals surface area contributed by atoms with Crippen LogP contribution < -0.4 is 5.73 Å². The minimum Gasteiger partial charge on any atom is -0.399 e. The normalized spacial score (nSPS) is 13.9. The van der Waals surface area contributed by atoms with E-state index in [0.717, 1.165) is 12.0 Å². The second-order valence-corrected chi connectivity index (χ2v) is 5.98. The van der Waals surface area contributed by atoms with Crippen LogP contribution in [0.2, 0.25) is 0 Å². The average Bonchev–Trinajstić information content (AvgIpc) is 2.48. The van der Waals surface area contributed by atoms with Gasteiger partial charge in [-0.05, 0) is 63.8 Å². The van der Waals surface area contributed by atoms with E-state index in [-0.39, 0.29) is 5.91 Å². The number of halogens is 2. The van der Waals surface area contributed by atoms with Crippen LogP contribution in [0.4, 0.5) is 10.1 Å². The molecule has 1 heterocycles. The van der Waals surface area contributed by atoms with E-state index < -0.39 is 5.82 Å². The fourth-order valence-corrected chi connectivity index (χ4v) is 3.00. The van der Waals surface area contributed by atoms with Crippen molar-refractivity contribution < 1.29 is 9.18 Å². The van der Waals surface area contributed by atoms with Crippen LogP contribution in [-0.2, 0) is 13.0 Å². The number of rotatable bonds is 1. The molecule has 2 aromatic carbocycles. The van der Waals surface area contributed by atoms with Crippen molar-refractivity contribution in [3.05, 3.63) is 63.4 Å². The molecule has 0 bridgehead atoms. The molecular formula is C16H14BrFN2O. The lowest BCUT2D eigenvalue weighted by molar-refractivity contribution is 0.0733. The molecule has 1 amide bonds. The molecule has 5 heteroatoms. The molecule has 0 aromatic heterocycles. The third-order valence-electron chi connectivity index (χ3n) is 3.69. The number of amides is 1. The second-order valence-electron chi connectivity index (χ2n) is 5.13. The number of hydrogen-bond donors (Lipinski definition) is 1. The Morgan fingerprint density at radius 3 is 2.81 bits per heavy atom. The Bertz CT molecular complexity index is 717. The van der Waals surface area contributed by atoms with Crippen molar-refractivity contribution in [2.45, 2.75) is 13.0 Å². The molecule has 108 valence electrons. The number of anilines is 1. The summed E-state index contributed by atoms with van der Waals surface area (Å²) in [6, 6.07) is 9.92. The van der Waals surface area contributed by atoms with Crippen molar-refractivity contribution >= 4 is 27.5 Å². The van der Waals surface area contributed by atoms with Crippen molar-refractivity contribution in [1.82, 2.24) is 4.90 Å². The molecule has 0 aliphatic carbocycles. The van der Waals surface area contributed by atoms with Crippen LogP contribution in [0, 0.1) is 5.82 Å². The highest BCUT2D eigenvalue weighted by molar-refractivity contribution is 9.10. The molecule has 2 aromatic rings. The van der Waals surface area contributed by atoms with Crippen molar-refractivity contribution in [2.24, 2.45) is 0 Å². The van der Waals surface area contributed by atoms with Gasteiger partial charge in [0.2, 0.25) is 0 Å². The Morgan fingerprint density at radius 2 is 2.00 bits per heavy atom. The minimum absolute atomic E-state index is 0.172. The predicted molar refractivity (Wildman–Crippen MR) is 83.4 cm³/mol. The first-order valence-corrected chi connectivity index (χ1v) is 7.45. The molecule has 0 saturated carbocycles. The number of hydrogen-bond acceptors (Lipinski definition) is 2. The van der Waals surface area contributed by atoms with E-state index in [0.29, 0.717) is 28.8 Å². The molecule has 3 nitrogen and oxygen atoms in total. The number of carbonyl (C=O) groups excluding carboxylic acids is 1. The van der Waals surface area contributed by atoms with Crippen LogP contribution in [0.5, 0.6) is 0 Å². The summed E-state index contributed by atoms with van der Waals surface area (Å²) in [6.45, 7) is 1.13. The van der Waals surface area contributed by atoms with E-state index in [1.807, 2.05) is 18.2 Å². The molecule has 0 saturated heterocycles. The molecule has 0 atom stereocenters. The summed E-state index contributed by atoms with van der Waals surface area (Å²) < 4.78 is 14.0. The number of carbonyl (C=O) groups is 1. The Morgan fingerprint density at radius 1 is 1.19 bits per heavy atom. The second kappa shape index (κ2) is 5.48. The van der Waals surface area contributed by atoms with Gasteiger partial charge in [0.25, 0.3) is 5.91 Å². The lowest BCUT2D eigenvalue weighted by Crippen LogP contribution is -2.36. The third-order valence-corrected chi connectivity index (χ3v) is 4.38. The van der Waals surface area contributed by atoms with Crippen LogP contribution in [0.25, 0.3) is 0 Å². The monoisotopic (exact) mass is 348 g/mol. The summed E-state index contributed by atoms with van der Waals surface area (Å²) in [5.74, 6) is -0.586. The standard InChI is InChI=1S/C16H14BrFN2O/c17-15-4-2-12(18)8-14(15)16(21)20-6-5-10-1-3-13(19)7-11(10)9-20/h1-4,7-8H,5-6,9,19H2. The first-order chi connectivity index (χ1) is 10.0. The van der Waals surface area contributed by atoms with Crippen molar-refractivity contribution in [1.29, 1.82) is 0 Å². The maximum atomic E-state index is 13.4. The van der Waals surface area contributed by atoms with Gasteiger partial charge in [-0.2, -0.15) is 0 Å². The Kier molecular flexibility index (Phi) is 3.68. The van der Waals surface area contributed by atoms with Crippen LogP contribution in [0.3, 0.4) is 0 Å². The highest BCUT2D eigenvalue weighted by Gasteiger charge is 2.23. The quantitative estimate of drug-likeness (QED) is 0.803. The summed E-state index contributed by atoms with van der Waals surface area (Å²) in [7, 11) is 0. The van der Waals surface area contributed by atoms with Gasteiger partial charge < -0.3 is 10.6 Å². The highest BCUT2D eigenvalue weighted by Crippen LogP contribution is 2.25. The lowest BCUT2D eigenvalue weighted by Gasteiger charge is -2.29. The number of fused-ring (bicyclic) bond motifs is 1. The fourth-order valence-electron chi connectivity index (χ4n) is 2.58. The van der Waals surface area contributed by atoms with E-state index >= 15 is 0 Å². The van der Waals surface area contributed by atoms with Crippen LogP contribution >= 0.6 is 15.9 Å². The lowest BCUT2D eigenvalue weighted by atomic mass is 9.98. The summed E-state index contributed by atoms with van der Waals surface area (Å²) in [5.41, 5.74) is 9.11. The molecule has 0 fully saturated rings. The van der Waals surface area contributed by atoms with Crippen LogP contribution in [0.1, 0.15) is 21.5 Å². The smallest absolute Gasteiger partial charge is 0.255 e. The summed E-state index contributed by atoms with van der Waals surface area (Å²) in [5, 5.41) is 0. The van der Waals surface area contributed by atoms with E-state index in [1.165, 1.54) is 17.7 Å². The molecule has 0 spiro atoms. The Labute approximate surface area is 130 Å². The first kappa shape index (κ1) is 14.1. The van der Waals surface area contributed by atoms with Crippen molar-refractivity contribution in [2.75, 3.05) is 12.3 Å². The minimum atomic E-state index is -0.414. The van der Waals surface area contributed by atoms with E-state index in [9.17, 15) is 9.18 Å². The molecule has 1 aliphatic heterocycles. The number of nitrogens with zero attached hydrogens (tertiary/aromatic N) is 1. The number of nitrogen functional groups attached to an aromatic ring is 1. The molecule has 1 aliphatic rings. The van der Waals surface area contributed by atoms with Gasteiger partial charge >= 0.3 is 0 Å². The van der Waals surface area contributed by atoms with Gasteiger partial charge in [0, 0.05) is 23.2 Å². The molecule has 21 heavy (non-hydrogen) atoms. The van der Waals surface area contributed by atoms with Crippen LogP contribution in [-0.4, -0.2) is 17.4 Å². The maximum Gasteiger partial charge on any atom is 0.255 e. The number of benzene rings is 2. The largest absolute Gasteiger partial charge is 0.399 e. The maximum absolute atomic E-state index is 13.4. The van der Waals surface area contributed by atoms with Gasteiger partial charge in [-0.3, -0.25) is 4.79 Å². The van der Waals surface area contributed by atoms with E-state index in [4.69, 9.17) is 5.73 Å². The highest BCUT2D eigenvalue weighted by atomic mass is 79.9. The van der Waals surface area contributed by atoms with Gasteiger partial charge in [0.05, 0.1) is 5.56 Å². The first-order valence-electron chi connectivity index (χ1n) is 6.66. The molecule has 3 rings (SSSR count). The summed E-state index contributed by atoms with van der Waals surface area (Å²) in [4.78, 5) is 14.3. The SMILES string of the molecule is Nc1ccc2c(c1)CN(C(=O)c1cc(F)ccc1Br)CC2. The predicted octanol–water partition coefficient (Wildman–Crippen LogP) is 3.37. The molecular weight excluding hydrogens is 335 g/mol. The zero-order chi connectivity index (χ0) is 15.0. The molecule has 2 N–H and O–H groups in total. The van der Waals surface area contributed by atoms with E-state index in [1.54, 1.807) is 11.0 Å². The fraction of sp³-hybridized carbons (Fsp3) is 0.188. The van der Waals surface area contributed by atoms with Gasteiger partial charge in [-0.1, -0.05) is 6.07 Å². The Hall–Kier alpha value is -1.88. The van der Waals surface area contributed by atoms with Crippen LogP contribution in [0.15, 0.2) is 40.9 Å². The average molecular weight is 349 g/mol. The van der Waals surface area contributed by atoms with Crippen molar-refractivity contribution in [3.63, 3.8) is 0 Å². The zero-order valence-electron chi connectivity index (χ0n) is 11.3. The molecule has 0 unspecified atom stereocenters. The van der Waals surface area contributed by atoms with Crippen molar-refractivity contribution in [3.8, 4) is 0 Å².